The molecule has 4 fully saturated rings. The van der Waals surface area contributed by atoms with Gasteiger partial charge >= 0.3 is 0 Å². The molecule has 5 rings (SSSR count). The Balaban J connectivity index is 1.72. The number of carbonyl (C=O) groups excluding carboxylic acids is 1. The third kappa shape index (κ3) is 1.95. The van der Waals surface area contributed by atoms with E-state index in [1.807, 2.05) is 26.0 Å². The number of aryl methyl sites for hydroxylation is 2. The van der Waals surface area contributed by atoms with Gasteiger partial charge in [0.2, 0.25) is 0 Å². The molecule has 4 bridgehead atoms. The van der Waals surface area contributed by atoms with Gasteiger partial charge in [-0.1, -0.05) is 0 Å². The van der Waals surface area contributed by atoms with Crippen molar-refractivity contribution < 1.29 is 9.90 Å². The molecule has 21 heavy (non-hydrogen) atoms. The minimum atomic E-state index is -0.0788. The van der Waals surface area contributed by atoms with Gasteiger partial charge in [0.15, 0.2) is 5.78 Å². The third-order valence-corrected chi connectivity index (χ3v) is 6.27. The summed E-state index contributed by atoms with van der Waals surface area (Å²) in [6, 6.07) is 3.78. The number of phenols is 1. The van der Waals surface area contributed by atoms with Gasteiger partial charge in [0.1, 0.15) is 5.75 Å². The second-order valence-electron chi connectivity index (χ2n) is 7.99. The molecule has 0 amide bonds. The molecular formula is C19H24O2. The second kappa shape index (κ2) is 4.34. The molecule has 4 aliphatic rings. The van der Waals surface area contributed by atoms with Gasteiger partial charge in [0.25, 0.3) is 0 Å². The Hall–Kier alpha value is -1.31. The lowest BCUT2D eigenvalue weighted by Gasteiger charge is -2.56. The van der Waals surface area contributed by atoms with E-state index in [2.05, 4.69) is 0 Å². The number of rotatable bonds is 2. The van der Waals surface area contributed by atoms with Crippen LogP contribution < -0.4 is 0 Å². The van der Waals surface area contributed by atoms with Crippen molar-refractivity contribution in [2.75, 3.05) is 0 Å². The maximum Gasteiger partial charge on any atom is 0.169 e. The van der Waals surface area contributed by atoms with Gasteiger partial charge in [-0.2, -0.15) is 0 Å². The van der Waals surface area contributed by atoms with Gasteiger partial charge in [0.05, 0.1) is 0 Å². The van der Waals surface area contributed by atoms with Crippen molar-refractivity contribution in [3.8, 4) is 5.75 Å². The first-order valence-corrected chi connectivity index (χ1v) is 8.32. The zero-order chi connectivity index (χ0) is 14.8. The van der Waals surface area contributed by atoms with Crippen LogP contribution in [-0.2, 0) is 0 Å². The average Bonchev–Trinajstić information content (AvgIpc) is 2.42. The zero-order valence-corrected chi connectivity index (χ0v) is 13.0. The Kier molecular flexibility index (Phi) is 2.76. The summed E-state index contributed by atoms with van der Waals surface area (Å²) in [6.45, 7) is 3.78. The van der Waals surface area contributed by atoms with Gasteiger partial charge in [-0.3, -0.25) is 4.79 Å². The smallest absolute Gasteiger partial charge is 0.169 e. The Morgan fingerprint density at radius 3 is 1.86 bits per heavy atom. The maximum absolute atomic E-state index is 13.2. The van der Waals surface area contributed by atoms with Crippen LogP contribution in [0.5, 0.6) is 5.75 Å². The second-order valence-corrected chi connectivity index (χ2v) is 7.99. The average molecular weight is 284 g/mol. The number of aromatic hydroxyl groups is 1. The number of hydrogen-bond acceptors (Lipinski definition) is 2. The molecule has 112 valence electrons. The molecule has 2 heteroatoms. The van der Waals surface area contributed by atoms with Gasteiger partial charge < -0.3 is 5.11 Å². The van der Waals surface area contributed by atoms with Crippen LogP contribution in [0, 0.1) is 37.0 Å². The van der Waals surface area contributed by atoms with E-state index in [1.54, 1.807) is 0 Å². The summed E-state index contributed by atoms with van der Waals surface area (Å²) in [5.74, 6) is 3.06. The molecule has 0 aromatic heterocycles. The topological polar surface area (TPSA) is 37.3 Å². The number of hydrogen-bond donors (Lipinski definition) is 1. The van der Waals surface area contributed by atoms with Crippen molar-refractivity contribution >= 4 is 5.78 Å². The van der Waals surface area contributed by atoms with Crippen molar-refractivity contribution in [1.29, 1.82) is 0 Å². The molecule has 2 nitrogen and oxygen atoms in total. The van der Waals surface area contributed by atoms with E-state index in [9.17, 15) is 9.90 Å². The highest BCUT2D eigenvalue weighted by Gasteiger charge is 2.54. The molecule has 1 aromatic rings. The first-order chi connectivity index (χ1) is 9.97. The SMILES string of the molecule is Cc1cc(C(=O)C23CC4CC(CC(C4)C2)C3)cc(C)c1O. The highest BCUT2D eigenvalue weighted by atomic mass is 16.3. The summed E-state index contributed by atoms with van der Waals surface area (Å²) in [4.78, 5) is 13.2. The van der Waals surface area contributed by atoms with E-state index < -0.39 is 0 Å². The summed E-state index contributed by atoms with van der Waals surface area (Å²) in [5.41, 5.74) is 2.39. The largest absolute Gasteiger partial charge is 0.507 e. The van der Waals surface area contributed by atoms with Crippen molar-refractivity contribution in [3.05, 3.63) is 28.8 Å². The van der Waals surface area contributed by atoms with Crippen molar-refractivity contribution in [2.45, 2.75) is 52.4 Å². The fraction of sp³-hybridized carbons (Fsp3) is 0.632. The molecule has 4 aliphatic carbocycles. The number of carbonyl (C=O) groups is 1. The van der Waals surface area contributed by atoms with Crippen LogP contribution in [0.25, 0.3) is 0 Å². The predicted octanol–water partition coefficient (Wildman–Crippen LogP) is 4.41. The molecule has 0 heterocycles. The Bertz CT molecular complexity index is 556. The van der Waals surface area contributed by atoms with Crippen molar-refractivity contribution in [3.63, 3.8) is 0 Å². The number of phenolic OH excluding ortho intramolecular Hbond substituents is 1. The van der Waals surface area contributed by atoms with Crippen molar-refractivity contribution in [2.24, 2.45) is 23.2 Å². The van der Waals surface area contributed by atoms with Crippen LogP contribution in [0.4, 0.5) is 0 Å². The molecule has 4 saturated carbocycles. The minimum Gasteiger partial charge on any atom is -0.507 e. The molecule has 0 spiro atoms. The van der Waals surface area contributed by atoms with Crippen LogP contribution >= 0.6 is 0 Å². The normalized spacial score (nSPS) is 37.0. The summed E-state index contributed by atoms with van der Waals surface area (Å²) in [5, 5.41) is 9.94. The highest BCUT2D eigenvalue weighted by molar-refractivity contribution is 6.01. The van der Waals surface area contributed by atoms with Gasteiger partial charge in [-0.25, -0.2) is 0 Å². The molecule has 1 aromatic carbocycles. The van der Waals surface area contributed by atoms with Gasteiger partial charge in [-0.05, 0) is 93.4 Å². The van der Waals surface area contributed by atoms with E-state index in [0.29, 0.717) is 11.5 Å². The lowest BCUT2D eigenvalue weighted by molar-refractivity contribution is -0.0353. The first-order valence-electron chi connectivity index (χ1n) is 8.32. The summed E-state index contributed by atoms with van der Waals surface area (Å²) < 4.78 is 0. The van der Waals surface area contributed by atoms with Crippen LogP contribution in [0.2, 0.25) is 0 Å². The Labute approximate surface area is 126 Å². The predicted molar refractivity (Wildman–Crippen MR) is 82.5 cm³/mol. The number of ketones is 1. The zero-order valence-electron chi connectivity index (χ0n) is 13.0. The Morgan fingerprint density at radius 2 is 1.43 bits per heavy atom. The molecule has 0 aliphatic heterocycles. The van der Waals surface area contributed by atoms with Crippen LogP contribution in [0.15, 0.2) is 12.1 Å². The molecule has 0 saturated heterocycles. The van der Waals surface area contributed by atoms with Crippen molar-refractivity contribution in [1.82, 2.24) is 0 Å². The van der Waals surface area contributed by atoms with Crippen LogP contribution in [-0.4, -0.2) is 10.9 Å². The summed E-state index contributed by atoms with van der Waals surface area (Å²) in [6.07, 6.45) is 7.41. The lowest BCUT2D eigenvalue weighted by Crippen LogP contribution is -2.50. The fourth-order valence-corrected chi connectivity index (χ4v) is 5.78. The first kappa shape index (κ1) is 13.4. The molecule has 0 radical (unpaired) electrons. The number of benzene rings is 1. The van der Waals surface area contributed by atoms with E-state index in [1.165, 1.54) is 19.3 Å². The minimum absolute atomic E-state index is 0.0788. The lowest BCUT2D eigenvalue weighted by atomic mass is 9.48. The van der Waals surface area contributed by atoms with E-state index >= 15 is 0 Å². The molecule has 0 unspecified atom stereocenters. The van der Waals surface area contributed by atoms with E-state index in [4.69, 9.17) is 0 Å². The molecule has 1 N–H and O–H groups in total. The maximum atomic E-state index is 13.2. The standard InChI is InChI=1S/C19H24O2/c1-11-3-16(4-12(2)17(11)20)18(21)19-8-13-5-14(9-19)7-15(6-13)10-19/h3-4,13-15,20H,5-10H2,1-2H3. The van der Waals surface area contributed by atoms with E-state index in [0.717, 1.165) is 53.7 Å². The van der Waals surface area contributed by atoms with Gasteiger partial charge in [0, 0.05) is 11.0 Å². The molecular weight excluding hydrogens is 260 g/mol. The van der Waals surface area contributed by atoms with Crippen LogP contribution in [0.3, 0.4) is 0 Å². The van der Waals surface area contributed by atoms with Gasteiger partial charge in [-0.15, -0.1) is 0 Å². The highest BCUT2D eigenvalue weighted by Crippen LogP contribution is 2.61. The Morgan fingerprint density at radius 1 is 1.00 bits per heavy atom. The molecule has 0 atom stereocenters. The quantitative estimate of drug-likeness (QED) is 0.817. The monoisotopic (exact) mass is 284 g/mol. The van der Waals surface area contributed by atoms with E-state index in [-0.39, 0.29) is 5.41 Å². The summed E-state index contributed by atoms with van der Waals surface area (Å²) >= 11 is 0. The number of Topliss-reactive ketones (excluding diaryl/α,β-unsaturated/α-hetero) is 1. The fourth-order valence-electron chi connectivity index (χ4n) is 5.78. The third-order valence-electron chi connectivity index (χ3n) is 6.27. The summed E-state index contributed by atoms with van der Waals surface area (Å²) in [7, 11) is 0. The van der Waals surface area contributed by atoms with Crippen LogP contribution in [0.1, 0.15) is 60.0 Å².